The van der Waals surface area contributed by atoms with E-state index in [-0.39, 0.29) is 65.1 Å². The van der Waals surface area contributed by atoms with Crippen LogP contribution >= 0.6 is 23.5 Å². The van der Waals surface area contributed by atoms with Crippen molar-refractivity contribution < 1.29 is 69.8 Å². The summed E-state index contributed by atoms with van der Waals surface area (Å²) in [5.41, 5.74) is 11.9. The van der Waals surface area contributed by atoms with Crippen LogP contribution in [0.1, 0.15) is 81.1 Å². The second-order valence-electron chi connectivity index (χ2n) is 26.3. The number of hydrogen-bond donors (Lipinski definition) is 3. The number of aromatic nitrogens is 11. The number of hydrogen-bond acceptors (Lipinski definition) is 25. The molecule has 0 aromatic carbocycles. The number of aryl methyl sites for hydroxylation is 1. The Morgan fingerprint density at radius 2 is 0.861 bits per heavy atom. The summed E-state index contributed by atoms with van der Waals surface area (Å²) in [6.45, 7) is 13.4. The first-order valence-electron chi connectivity index (χ1n) is 33.8. The molecular weight excluding hydrogens is 1420 g/mol. The number of thioether (sulfide) groups is 2. The van der Waals surface area contributed by atoms with Crippen molar-refractivity contribution in [1.29, 1.82) is 15.8 Å². The summed E-state index contributed by atoms with van der Waals surface area (Å²) in [4.78, 5) is 66.8. The zero-order valence-electron chi connectivity index (χ0n) is 60.0. The predicted molar refractivity (Wildman–Crippen MR) is 410 cm³/mol. The van der Waals surface area contributed by atoms with E-state index in [2.05, 4.69) is 146 Å². The van der Waals surface area contributed by atoms with Gasteiger partial charge in [0.1, 0.15) is 47.2 Å². The Morgan fingerprint density at radius 3 is 1.16 bits per heavy atom. The van der Waals surface area contributed by atoms with E-state index in [1.165, 1.54) is 83.6 Å². The van der Waals surface area contributed by atoms with Crippen LogP contribution < -0.4 is 49.6 Å². The molecule has 0 amide bonds. The zero-order valence-corrected chi connectivity index (χ0v) is 63.7. The number of nitrogens with zero attached hydrogens (tertiary/aromatic N) is 19. The number of anilines is 3. The van der Waals surface area contributed by atoms with Gasteiger partial charge in [-0.1, -0.05) is 14.4 Å². The van der Waals surface area contributed by atoms with Gasteiger partial charge in [0.2, 0.25) is 0 Å². The van der Waals surface area contributed by atoms with E-state index in [1.807, 2.05) is 62.2 Å². The van der Waals surface area contributed by atoms with Crippen LogP contribution in [0.4, 0.5) is 17.5 Å². The number of pyridine rings is 8. The van der Waals surface area contributed by atoms with Crippen LogP contribution in [0.15, 0.2) is 157 Å². The molecule has 20 rings (SSSR count). The first kappa shape index (κ1) is 81.7. The van der Waals surface area contributed by atoms with Crippen molar-refractivity contribution in [2.75, 3.05) is 66.5 Å². The summed E-state index contributed by atoms with van der Waals surface area (Å²) in [5.74, 6) is 1.99. The van der Waals surface area contributed by atoms with Crippen molar-refractivity contribution in [1.82, 2.24) is 68.9 Å². The molecule has 9 fully saturated rings. The van der Waals surface area contributed by atoms with Crippen LogP contribution in [0.5, 0.6) is 11.5 Å². The van der Waals surface area contributed by atoms with Crippen LogP contribution in [0.2, 0.25) is 0 Å². The number of nitriles is 3. The molecule has 0 spiro atoms. The predicted octanol–water partition coefficient (Wildman–Crippen LogP) is 5.02. The van der Waals surface area contributed by atoms with Gasteiger partial charge in [-0.3, -0.25) is 29.4 Å². The second kappa shape index (κ2) is 36.0. The molecule has 9 saturated heterocycles. The average molecular weight is 1500 g/mol. The fourth-order valence-corrected chi connectivity index (χ4v) is 15.1. The summed E-state index contributed by atoms with van der Waals surface area (Å²) < 4.78 is 8.82. The Labute approximate surface area is 656 Å². The standard InChI is InChI=1S/C26H25N7S.C25H23N7OS.C18H16N6O.C4H6O3.C2H3BO.CH4.Na.2H2O/c1-17-7-24(26-19(9-27)11-30-33(26)13-17)18-3-6-25(29-10-18)31-15-21-8-22(16-31)32(21)14-20-4-5-23(34-2)12-28-20;1-34-22-4-3-18(27-11-22)12-31-19-6-20(31)14-30(13-19)24-5-2-16(9-28-24)23-7-21(33)15-32-25(23)17(8-26)10-29-32;19-5-12-7-21-24-10-15(25)4-16(18(12)24)11-1-2-17(20-6-11)23-8-13-3-14(9-23)22-13;1-3(5)7-4(2)6;1-2(3)4;;;;/h3-7,10-13,21-22H,8,14-16H2,1-2H3;2-5,7,9-11,15,19-20,33H,6,12-14H2,1H3;1-2,4,6-7,10,13-14,22,25H,3,8-9H2;1-2H3;1H3;1H4;;2*1H2/q;;;;-1;;+1;;. The Bertz CT molecular complexity index is 4860. The minimum absolute atomic E-state index is 0. The molecule has 108 heavy (non-hydrogen) atoms. The van der Waals surface area contributed by atoms with Gasteiger partial charge in [0, 0.05) is 183 Å². The Balaban J connectivity index is 0.000000173. The van der Waals surface area contributed by atoms with Crippen molar-refractivity contribution in [3.8, 4) is 63.1 Å². The number of ether oxygens (including phenoxy) is 1. The van der Waals surface area contributed by atoms with Gasteiger partial charge in [-0.15, -0.1) is 29.2 Å². The molecule has 9 aliphatic heterocycles. The molecule has 6 bridgehead atoms. The molecule has 11 aromatic heterocycles. The van der Waals surface area contributed by atoms with E-state index < -0.39 is 11.9 Å². The largest absolute Gasteiger partial charge is 1.00 e. The van der Waals surface area contributed by atoms with Crippen molar-refractivity contribution in [2.24, 2.45) is 0 Å². The average Bonchev–Trinajstić information content (AvgIpc) is 1.11. The monoisotopic (exact) mass is 1500 g/mol. The molecule has 0 saturated carbocycles. The normalized spacial score (nSPS) is 18.2. The van der Waals surface area contributed by atoms with Crippen LogP contribution in [0.3, 0.4) is 0 Å². The summed E-state index contributed by atoms with van der Waals surface area (Å²) in [5, 5.41) is 64.5. The smallest absolute Gasteiger partial charge is 0.528 e. The first-order chi connectivity index (χ1) is 50.3. The van der Waals surface area contributed by atoms with E-state index >= 15 is 0 Å². The molecule has 9 aliphatic rings. The number of aromatic hydroxyl groups is 2. The molecular formula is C76H81BN20NaO8S2. The topological polar surface area (TPSA) is 380 Å². The first-order valence-corrected chi connectivity index (χ1v) is 36.2. The Morgan fingerprint density at radius 1 is 0.519 bits per heavy atom. The SMILES string of the molecule is C.CC(=O)OC(C)=O.CSc1ccc(CN2C3CC2CN(c2ccc(-c4cc(C)cn5ncc(C#N)c45)cn2)C3)nc1.CSc1ccc(CN2C3CC2CN(c2ccc(-c4cc(O)cn5ncc(C#N)c45)cn2)C3)nc1.N#Cc1cnn2cc(O)cc(-c3ccc(N4CC5CC(C4)N5)nc3)c12.O.O.[B-]C(C)=O.[Na+]. The zero-order chi connectivity index (χ0) is 72.9. The molecule has 6 atom stereocenters. The van der Waals surface area contributed by atoms with Gasteiger partial charge in [0.15, 0.2) is 0 Å². The summed E-state index contributed by atoms with van der Waals surface area (Å²) in [6, 6.07) is 36.1. The molecule has 549 valence electrons. The number of carbonyl (C=O) groups excluding carboxylic acids is 3. The van der Waals surface area contributed by atoms with Crippen molar-refractivity contribution in [3.05, 3.63) is 181 Å². The minimum Gasteiger partial charge on any atom is -0.528 e. The number of nitrogens with one attached hydrogen (secondary N) is 1. The van der Waals surface area contributed by atoms with Crippen LogP contribution in [0.25, 0.3) is 49.9 Å². The third-order valence-corrected chi connectivity index (χ3v) is 20.5. The molecule has 20 heterocycles. The maximum atomic E-state index is 10.1. The van der Waals surface area contributed by atoms with E-state index in [0.717, 1.165) is 126 Å². The molecule has 7 N–H and O–H groups in total. The third kappa shape index (κ3) is 18.3. The molecule has 3 radical (unpaired) electrons. The Kier molecular flexibility index (Phi) is 27.3. The van der Waals surface area contributed by atoms with Gasteiger partial charge in [-0.2, -0.15) is 31.1 Å². The molecule has 11 aromatic rings. The van der Waals surface area contributed by atoms with Gasteiger partial charge in [0.05, 0.1) is 75.6 Å². The molecule has 6 unspecified atom stereocenters. The van der Waals surface area contributed by atoms with Crippen LogP contribution in [-0.4, -0.2) is 198 Å². The van der Waals surface area contributed by atoms with Crippen LogP contribution in [-0.2, 0) is 32.2 Å². The summed E-state index contributed by atoms with van der Waals surface area (Å²) in [6.07, 6.45) is 26.9. The number of rotatable bonds is 12. The van der Waals surface area contributed by atoms with E-state index in [1.54, 1.807) is 52.6 Å². The van der Waals surface area contributed by atoms with Crippen molar-refractivity contribution >= 4 is 83.0 Å². The van der Waals surface area contributed by atoms with E-state index in [0.29, 0.717) is 64.0 Å². The van der Waals surface area contributed by atoms with Crippen molar-refractivity contribution in [2.45, 2.75) is 114 Å². The number of fused-ring (bicyclic) bond motifs is 9. The fourth-order valence-electron chi connectivity index (χ4n) is 14.4. The van der Waals surface area contributed by atoms with Crippen LogP contribution in [0, 0.1) is 40.9 Å². The quantitative estimate of drug-likeness (QED) is 0.0625. The number of piperazine rings is 3. The molecule has 28 nitrogen and oxygen atoms in total. The van der Waals surface area contributed by atoms with Gasteiger partial charge < -0.3 is 58.6 Å². The molecule has 32 heteroatoms. The summed E-state index contributed by atoms with van der Waals surface area (Å²) >= 11 is 3.44. The Hall–Kier alpha value is -10.3. The van der Waals surface area contributed by atoms with Gasteiger partial charge >= 0.3 is 41.5 Å². The number of piperidine rings is 3. The number of carbonyl (C=O) groups is 3. The van der Waals surface area contributed by atoms with Gasteiger partial charge in [0.25, 0.3) is 0 Å². The van der Waals surface area contributed by atoms with E-state index in [9.17, 15) is 40.4 Å². The van der Waals surface area contributed by atoms with Gasteiger partial charge in [-0.05, 0) is 123 Å². The fraction of sp³-hybridized carbons (Fsp3) is 0.316. The maximum absolute atomic E-state index is 10.1. The third-order valence-electron chi connectivity index (χ3n) is 19.1. The summed E-state index contributed by atoms with van der Waals surface area (Å²) in [7, 11) is 4.47. The number of esters is 2. The van der Waals surface area contributed by atoms with E-state index in [4.69, 9.17) is 9.97 Å². The minimum atomic E-state index is -0.562. The van der Waals surface area contributed by atoms with Crippen molar-refractivity contribution in [3.63, 3.8) is 0 Å². The molecule has 0 aliphatic carbocycles. The second-order valence-corrected chi connectivity index (χ2v) is 28.0. The maximum Gasteiger partial charge on any atom is 1.00 e. The van der Waals surface area contributed by atoms with Gasteiger partial charge in [-0.25, -0.2) is 28.5 Å².